The average molecular weight is 343 g/mol. The van der Waals surface area contributed by atoms with Gasteiger partial charge in [0.1, 0.15) is 0 Å². The zero-order chi connectivity index (χ0) is 11.7. The molecular weight excluding hydrogens is 329 g/mol. The molecule has 16 heavy (non-hydrogen) atoms. The minimum Gasteiger partial charge on any atom is -0.320 e. The summed E-state index contributed by atoms with van der Waals surface area (Å²) in [6.07, 6.45) is 0. The van der Waals surface area contributed by atoms with E-state index in [9.17, 15) is 0 Å². The molecule has 2 N–H and O–H groups in total. The van der Waals surface area contributed by atoms with Crippen molar-refractivity contribution in [1.82, 2.24) is 0 Å². The van der Waals surface area contributed by atoms with Crippen LogP contribution >= 0.6 is 33.9 Å². The highest BCUT2D eigenvalue weighted by Gasteiger charge is 2.13. The molecule has 0 spiro atoms. The molecule has 0 amide bonds. The van der Waals surface area contributed by atoms with Crippen molar-refractivity contribution in [2.45, 2.75) is 19.9 Å². The summed E-state index contributed by atoms with van der Waals surface area (Å²) in [7, 11) is 0. The Hall–Kier alpha value is -0.390. The molecule has 2 rings (SSSR count). The van der Waals surface area contributed by atoms with Gasteiger partial charge >= 0.3 is 0 Å². The fourth-order valence-corrected chi connectivity index (χ4v) is 3.19. The first-order valence-electron chi connectivity index (χ1n) is 5.15. The fraction of sp³-hybridized carbons (Fsp3) is 0.231. The summed E-state index contributed by atoms with van der Waals surface area (Å²) in [6, 6.07) is 8.49. The van der Waals surface area contributed by atoms with Crippen LogP contribution in [-0.2, 0) is 0 Å². The number of nitrogens with two attached hydrogens (primary N) is 1. The van der Waals surface area contributed by atoms with Gasteiger partial charge in [-0.2, -0.15) is 0 Å². The third-order valence-electron chi connectivity index (χ3n) is 2.93. The zero-order valence-electron chi connectivity index (χ0n) is 9.33. The summed E-state index contributed by atoms with van der Waals surface area (Å²) in [5.74, 6) is 0. The van der Waals surface area contributed by atoms with Gasteiger partial charge in [0.2, 0.25) is 0 Å². The maximum atomic E-state index is 6.30. The summed E-state index contributed by atoms with van der Waals surface area (Å²) in [6.45, 7) is 4.27. The second-order valence-electron chi connectivity index (χ2n) is 3.95. The van der Waals surface area contributed by atoms with Crippen LogP contribution in [0.3, 0.4) is 0 Å². The first-order chi connectivity index (χ1) is 7.59. The molecule has 1 aromatic carbocycles. The molecule has 0 aliphatic heterocycles. The molecule has 3 heteroatoms. The lowest BCUT2D eigenvalue weighted by Gasteiger charge is -2.15. The summed E-state index contributed by atoms with van der Waals surface area (Å²) in [4.78, 5) is 0. The van der Waals surface area contributed by atoms with Crippen molar-refractivity contribution < 1.29 is 0 Å². The van der Waals surface area contributed by atoms with Crippen molar-refractivity contribution in [1.29, 1.82) is 0 Å². The third kappa shape index (κ3) is 2.31. The van der Waals surface area contributed by atoms with Crippen LogP contribution in [0.15, 0.2) is 29.6 Å². The van der Waals surface area contributed by atoms with Gasteiger partial charge in [-0.05, 0) is 70.1 Å². The van der Waals surface area contributed by atoms with Crippen LogP contribution in [0.1, 0.15) is 28.3 Å². The van der Waals surface area contributed by atoms with Crippen molar-refractivity contribution in [3.8, 4) is 0 Å². The normalized spacial score (nSPS) is 12.8. The van der Waals surface area contributed by atoms with Gasteiger partial charge in [0.25, 0.3) is 0 Å². The van der Waals surface area contributed by atoms with E-state index in [0.29, 0.717) is 0 Å². The monoisotopic (exact) mass is 343 g/mol. The van der Waals surface area contributed by atoms with E-state index in [1.807, 2.05) is 0 Å². The van der Waals surface area contributed by atoms with Crippen molar-refractivity contribution in [2.24, 2.45) is 5.73 Å². The van der Waals surface area contributed by atoms with E-state index < -0.39 is 0 Å². The second-order valence-corrected chi connectivity index (χ2v) is 6.76. The summed E-state index contributed by atoms with van der Waals surface area (Å²) in [5, 5.41) is 2.15. The molecule has 1 unspecified atom stereocenters. The summed E-state index contributed by atoms with van der Waals surface area (Å²) >= 11 is 4.08. The van der Waals surface area contributed by atoms with Crippen LogP contribution < -0.4 is 5.73 Å². The smallest absolute Gasteiger partial charge is 0.0656 e. The number of rotatable bonds is 2. The van der Waals surface area contributed by atoms with Gasteiger partial charge in [-0.3, -0.25) is 0 Å². The Morgan fingerprint density at radius 1 is 1.31 bits per heavy atom. The Bertz CT molecular complexity index is 504. The van der Waals surface area contributed by atoms with E-state index >= 15 is 0 Å². The molecule has 1 heterocycles. The van der Waals surface area contributed by atoms with Crippen molar-refractivity contribution in [3.63, 3.8) is 0 Å². The van der Waals surface area contributed by atoms with Gasteiger partial charge in [0.05, 0.1) is 8.93 Å². The Labute approximate surface area is 114 Å². The minimum atomic E-state index is -0.000309. The first-order valence-corrected chi connectivity index (χ1v) is 7.11. The largest absolute Gasteiger partial charge is 0.320 e. The van der Waals surface area contributed by atoms with Gasteiger partial charge < -0.3 is 5.73 Å². The molecular formula is C13H14INS. The van der Waals surface area contributed by atoms with E-state index in [2.05, 4.69) is 66.1 Å². The van der Waals surface area contributed by atoms with Gasteiger partial charge in [0, 0.05) is 0 Å². The van der Waals surface area contributed by atoms with Crippen LogP contribution in [0.5, 0.6) is 0 Å². The number of benzene rings is 1. The Balaban J connectivity index is 2.41. The second kappa shape index (κ2) is 4.85. The highest BCUT2D eigenvalue weighted by molar-refractivity contribution is 14.1. The number of thiophene rings is 1. The number of hydrogen-bond acceptors (Lipinski definition) is 2. The predicted molar refractivity (Wildman–Crippen MR) is 79.0 cm³/mol. The number of aryl methyl sites for hydroxylation is 1. The van der Waals surface area contributed by atoms with Crippen molar-refractivity contribution in [2.75, 3.05) is 0 Å². The van der Waals surface area contributed by atoms with E-state index in [1.165, 1.54) is 25.1 Å². The molecule has 0 bridgehead atoms. The lowest BCUT2D eigenvalue weighted by Crippen LogP contribution is -2.12. The molecule has 1 aromatic heterocycles. The molecule has 2 aromatic rings. The van der Waals surface area contributed by atoms with Crippen LogP contribution in [0.25, 0.3) is 0 Å². The Morgan fingerprint density at radius 3 is 2.69 bits per heavy atom. The van der Waals surface area contributed by atoms with Crippen LogP contribution in [0.4, 0.5) is 0 Å². The molecule has 0 fully saturated rings. The molecule has 1 nitrogen and oxygen atoms in total. The fourth-order valence-electron chi connectivity index (χ4n) is 1.78. The molecule has 0 saturated heterocycles. The van der Waals surface area contributed by atoms with Crippen LogP contribution in [0.2, 0.25) is 0 Å². The van der Waals surface area contributed by atoms with Crippen molar-refractivity contribution >= 4 is 33.9 Å². The average Bonchev–Trinajstić information content (AvgIpc) is 2.68. The molecule has 0 saturated carbocycles. The summed E-state index contributed by atoms with van der Waals surface area (Å²) < 4.78 is 1.29. The summed E-state index contributed by atoms with van der Waals surface area (Å²) in [5.41, 5.74) is 11.4. The third-order valence-corrected chi connectivity index (χ3v) is 4.74. The number of hydrogen-bond donors (Lipinski definition) is 1. The van der Waals surface area contributed by atoms with Gasteiger partial charge in [-0.25, -0.2) is 0 Å². The SMILES string of the molecule is Cc1cccc(C(N)c2csc(I)c2)c1C. The molecule has 84 valence electrons. The van der Waals surface area contributed by atoms with Gasteiger partial charge in [-0.15, -0.1) is 11.3 Å². The van der Waals surface area contributed by atoms with Crippen LogP contribution in [0, 0.1) is 16.7 Å². The van der Waals surface area contributed by atoms with Crippen molar-refractivity contribution in [3.05, 3.63) is 54.8 Å². The van der Waals surface area contributed by atoms with E-state index in [0.717, 1.165) is 0 Å². The number of halogens is 1. The Morgan fingerprint density at radius 2 is 2.06 bits per heavy atom. The highest BCUT2D eigenvalue weighted by atomic mass is 127. The van der Waals surface area contributed by atoms with E-state index in [4.69, 9.17) is 5.73 Å². The molecule has 1 atom stereocenters. The molecule has 0 aliphatic rings. The predicted octanol–water partition coefficient (Wildman–Crippen LogP) is 4.02. The lowest BCUT2D eigenvalue weighted by molar-refractivity contribution is 0.863. The van der Waals surface area contributed by atoms with E-state index in [1.54, 1.807) is 11.3 Å². The molecule has 0 aliphatic carbocycles. The standard InChI is InChI=1S/C13H14INS/c1-8-4-3-5-11(9(8)2)13(15)10-6-12(14)16-7-10/h3-7,13H,15H2,1-2H3. The maximum absolute atomic E-state index is 6.30. The lowest BCUT2D eigenvalue weighted by atomic mass is 9.95. The maximum Gasteiger partial charge on any atom is 0.0656 e. The highest BCUT2D eigenvalue weighted by Crippen LogP contribution is 2.28. The molecule has 0 radical (unpaired) electrons. The van der Waals surface area contributed by atoms with Gasteiger partial charge in [-0.1, -0.05) is 18.2 Å². The quantitative estimate of drug-likeness (QED) is 0.819. The van der Waals surface area contributed by atoms with Gasteiger partial charge in [0.15, 0.2) is 0 Å². The zero-order valence-corrected chi connectivity index (χ0v) is 12.3. The topological polar surface area (TPSA) is 26.0 Å². The first kappa shape index (κ1) is 12.1. The minimum absolute atomic E-state index is 0.000309. The van der Waals surface area contributed by atoms with Crippen LogP contribution in [-0.4, -0.2) is 0 Å². The Kier molecular flexibility index (Phi) is 3.66. The van der Waals surface area contributed by atoms with E-state index in [-0.39, 0.29) is 6.04 Å².